The standard InChI is InChI=1S/C11H21N5/c1-8-5-4-6-9(8)10(12-2)7-11-13-15-16(3)14-11/h8-10,12H,4-7H2,1-3H3. The second kappa shape index (κ2) is 4.91. The van der Waals surface area contributed by atoms with E-state index in [1.807, 2.05) is 14.1 Å². The molecule has 16 heavy (non-hydrogen) atoms. The third-order valence-corrected chi connectivity index (χ3v) is 3.77. The Morgan fingerprint density at radius 2 is 2.31 bits per heavy atom. The van der Waals surface area contributed by atoms with Crippen LogP contribution in [0.4, 0.5) is 0 Å². The molecule has 0 aliphatic heterocycles. The van der Waals surface area contributed by atoms with Crippen molar-refractivity contribution >= 4 is 0 Å². The van der Waals surface area contributed by atoms with Gasteiger partial charge in [0.1, 0.15) is 0 Å². The topological polar surface area (TPSA) is 55.6 Å². The number of tetrazole rings is 1. The first-order valence-corrected chi connectivity index (χ1v) is 6.11. The van der Waals surface area contributed by atoms with E-state index in [2.05, 4.69) is 27.7 Å². The van der Waals surface area contributed by atoms with E-state index < -0.39 is 0 Å². The molecular formula is C11H21N5. The van der Waals surface area contributed by atoms with Crippen LogP contribution in [0.25, 0.3) is 0 Å². The third kappa shape index (κ3) is 2.40. The second-order valence-corrected chi connectivity index (χ2v) is 4.87. The fraction of sp³-hybridized carbons (Fsp3) is 0.909. The van der Waals surface area contributed by atoms with E-state index in [9.17, 15) is 0 Å². The molecule has 3 atom stereocenters. The van der Waals surface area contributed by atoms with E-state index in [1.165, 1.54) is 24.1 Å². The second-order valence-electron chi connectivity index (χ2n) is 4.87. The summed E-state index contributed by atoms with van der Waals surface area (Å²) in [6, 6.07) is 0.488. The average molecular weight is 223 g/mol. The van der Waals surface area contributed by atoms with Gasteiger partial charge < -0.3 is 5.32 Å². The summed E-state index contributed by atoms with van der Waals surface area (Å²) in [6.07, 6.45) is 4.93. The highest BCUT2D eigenvalue weighted by atomic mass is 15.6. The summed E-state index contributed by atoms with van der Waals surface area (Å²) in [4.78, 5) is 1.53. The van der Waals surface area contributed by atoms with E-state index in [-0.39, 0.29) is 0 Å². The summed E-state index contributed by atoms with van der Waals surface area (Å²) >= 11 is 0. The molecule has 1 aliphatic carbocycles. The number of nitrogens with one attached hydrogen (secondary N) is 1. The first-order chi connectivity index (χ1) is 7.70. The largest absolute Gasteiger partial charge is 0.316 e. The average Bonchev–Trinajstić information content (AvgIpc) is 2.84. The summed E-state index contributed by atoms with van der Waals surface area (Å²) in [5, 5.41) is 15.6. The third-order valence-electron chi connectivity index (χ3n) is 3.77. The minimum absolute atomic E-state index is 0.488. The first kappa shape index (κ1) is 11.5. The number of aryl methyl sites for hydroxylation is 1. The maximum atomic E-state index is 4.25. The summed E-state index contributed by atoms with van der Waals surface area (Å²) in [7, 11) is 3.84. The number of aromatic nitrogens is 4. The zero-order valence-electron chi connectivity index (χ0n) is 10.3. The Bertz CT molecular complexity index is 335. The van der Waals surface area contributed by atoms with E-state index in [0.29, 0.717) is 6.04 Å². The van der Waals surface area contributed by atoms with Gasteiger partial charge in [-0.3, -0.25) is 0 Å². The van der Waals surface area contributed by atoms with Gasteiger partial charge in [-0.25, -0.2) is 0 Å². The van der Waals surface area contributed by atoms with Crippen LogP contribution in [0, 0.1) is 11.8 Å². The summed E-state index contributed by atoms with van der Waals surface area (Å²) in [5.41, 5.74) is 0. The van der Waals surface area contributed by atoms with Crippen LogP contribution in [-0.2, 0) is 13.5 Å². The van der Waals surface area contributed by atoms with E-state index in [0.717, 1.165) is 24.1 Å². The lowest BCUT2D eigenvalue weighted by Crippen LogP contribution is -2.37. The molecule has 0 bridgehead atoms. The molecule has 0 amide bonds. The zero-order chi connectivity index (χ0) is 11.5. The molecule has 0 aromatic carbocycles. The van der Waals surface area contributed by atoms with Gasteiger partial charge in [-0.15, -0.1) is 10.2 Å². The van der Waals surface area contributed by atoms with E-state index in [4.69, 9.17) is 0 Å². The van der Waals surface area contributed by atoms with Crippen molar-refractivity contribution in [1.82, 2.24) is 25.5 Å². The Hall–Kier alpha value is -0.970. The molecule has 1 saturated carbocycles. The van der Waals surface area contributed by atoms with Crippen molar-refractivity contribution < 1.29 is 0 Å². The van der Waals surface area contributed by atoms with Crippen molar-refractivity contribution in [2.45, 2.75) is 38.6 Å². The number of nitrogens with zero attached hydrogens (tertiary/aromatic N) is 4. The lowest BCUT2D eigenvalue weighted by Gasteiger charge is -2.25. The highest BCUT2D eigenvalue weighted by Gasteiger charge is 2.30. The molecule has 1 fully saturated rings. The van der Waals surface area contributed by atoms with Crippen LogP contribution < -0.4 is 5.32 Å². The maximum absolute atomic E-state index is 4.25. The highest BCUT2D eigenvalue weighted by molar-refractivity contribution is 4.91. The highest BCUT2D eigenvalue weighted by Crippen LogP contribution is 2.34. The monoisotopic (exact) mass is 223 g/mol. The SMILES string of the molecule is CNC(Cc1nnn(C)n1)C1CCCC1C. The minimum atomic E-state index is 0.488. The Balaban J connectivity index is 2.00. The van der Waals surface area contributed by atoms with Gasteiger partial charge in [0.2, 0.25) is 0 Å². The molecule has 0 radical (unpaired) electrons. The molecular weight excluding hydrogens is 202 g/mol. The smallest absolute Gasteiger partial charge is 0.176 e. The Morgan fingerprint density at radius 1 is 1.50 bits per heavy atom. The molecule has 1 heterocycles. The quantitative estimate of drug-likeness (QED) is 0.819. The van der Waals surface area contributed by atoms with Gasteiger partial charge in [-0.1, -0.05) is 19.8 Å². The number of rotatable bonds is 4. The molecule has 5 nitrogen and oxygen atoms in total. The van der Waals surface area contributed by atoms with Crippen molar-refractivity contribution in [3.63, 3.8) is 0 Å². The van der Waals surface area contributed by atoms with Gasteiger partial charge in [0.25, 0.3) is 0 Å². The van der Waals surface area contributed by atoms with Crippen molar-refractivity contribution in [1.29, 1.82) is 0 Å². The fourth-order valence-corrected chi connectivity index (χ4v) is 2.84. The van der Waals surface area contributed by atoms with Crippen LogP contribution in [0.2, 0.25) is 0 Å². The van der Waals surface area contributed by atoms with Crippen LogP contribution in [0.15, 0.2) is 0 Å². The number of likely N-dealkylation sites (N-methyl/N-ethyl adjacent to an activating group) is 1. The van der Waals surface area contributed by atoms with Gasteiger partial charge in [0.15, 0.2) is 5.82 Å². The summed E-state index contributed by atoms with van der Waals surface area (Å²) in [6.45, 7) is 2.35. The molecule has 1 aliphatic rings. The van der Waals surface area contributed by atoms with Crippen LogP contribution in [0.3, 0.4) is 0 Å². The molecule has 90 valence electrons. The van der Waals surface area contributed by atoms with Crippen LogP contribution in [-0.4, -0.2) is 33.3 Å². The maximum Gasteiger partial charge on any atom is 0.176 e. The molecule has 1 aromatic heterocycles. The van der Waals surface area contributed by atoms with Crippen LogP contribution in [0.5, 0.6) is 0 Å². The lowest BCUT2D eigenvalue weighted by atomic mass is 9.88. The molecule has 0 saturated heterocycles. The van der Waals surface area contributed by atoms with E-state index >= 15 is 0 Å². The Labute approximate surface area is 96.6 Å². The summed E-state index contributed by atoms with van der Waals surface area (Å²) in [5.74, 6) is 2.42. The number of hydrogen-bond acceptors (Lipinski definition) is 4. The van der Waals surface area contributed by atoms with Gasteiger partial charge in [0, 0.05) is 12.5 Å². The molecule has 0 spiro atoms. The van der Waals surface area contributed by atoms with Gasteiger partial charge in [-0.05, 0) is 30.5 Å². The fourth-order valence-electron chi connectivity index (χ4n) is 2.84. The van der Waals surface area contributed by atoms with Crippen molar-refractivity contribution in [3.05, 3.63) is 5.82 Å². The predicted molar refractivity (Wildman–Crippen MR) is 61.9 cm³/mol. The predicted octanol–water partition coefficient (Wildman–Crippen LogP) is 0.777. The molecule has 2 rings (SSSR count). The van der Waals surface area contributed by atoms with Crippen molar-refractivity contribution in [2.75, 3.05) is 7.05 Å². The first-order valence-electron chi connectivity index (χ1n) is 6.11. The van der Waals surface area contributed by atoms with Gasteiger partial charge >= 0.3 is 0 Å². The zero-order valence-corrected chi connectivity index (χ0v) is 10.3. The normalized spacial score (nSPS) is 27.2. The molecule has 1 aromatic rings. The van der Waals surface area contributed by atoms with Crippen molar-refractivity contribution in [3.8, 4) is 0 Å². The van der Waals surface area contributed by atoms with Crippen LogP contribution in [0.1, 0.15) is 32.0 Å². The summed E-state index contributed by atoms with van der Waals surface area (Å²) < 4.78 is 0. The van der Waals surface area contributed by atoms with Crippen molar-refractivity contribution in [2.24, 2.45) is 18.9 Å². The Morgan fingerprint density at radius 3 is 2.81 bits per heavy atom. The minimum Gasteiger partial charge on any atom is -0.316 e. The van der Waals surface area contributed by atoms with Gasteiger partial charge in [-0.2, -0.15) is 4.80 Å². The molecule has 3 unspecified atom stereocenters. The van der Waals surface area contributed by atoms with Gasteiger partial charge in [0.05, 0.1) is 7.05 Å². The Kier molecular flexibility index (Phi) is 3.53. The molecule has 5 heteroatoms. The molecule has 1 N–H and O–H groups in total. The lowest BCUT2D eigenvalue weighted by molar-refractivity contribution is 0.305. The number of hydrogen-bond donors (Lipinski definition) is 1. The van der Waals surface area contributed by atoms with Crippen LogP contribution >= 0.6 is 0 Å². The van der Waals surface area contributed by atoms with E-state index in [1.54, 1.807) is 0 Å².